The van der Waals surface area contributed by atoms with Gasteiger partial charge in [-0.3, -0.25) is 14.4 Å². The van der Waals surface area contributed by atoms with Crippen LogP contribution in [-0.2, 0) is 32.0 Å². The van der Waals surface area contributed by atoms with Crippen molar-refractivity contribution in [2.24, 2.45) is 5.92 Å². The zero-order valence-corrected chi connectivity index (χ0v) is 16.8. The van der Waals surface area contributed by atoms with E-state index in [0.29, 0.717) is 0 Å². The molecular weight excluding hydrogens is 368 g/mol. The maximum absolute atomic E-state index is 12.4. The molecule has 0 saturated carbocycles. The van der Waals surface area contributed by atoms with Crippen molar-refractivity contribution in [1.82, 2.24) is 0 Å². The van der Waals surface area contributed by atoms with Crippen molar-refractivity contribution < 1.29 is 19.1 Å². The first-order valence-corrected chi connectivity index (χ1v) is 9.96. The smallest absolute Gasteiger partial charge is 0.311 e. The molecule has 1 fully saturated rings. The number of anilines is 2. The maximum atomic E-state index is 12.4. The summed E-state index contributed by atoms with van der Waals surface area (Å²) in [5.74, 6) is -1.58. The summed E-state index contributed by atoms with van der Waals surface area (Å²) in [5, 5.41) is 2.88. The van der Waals surface area contributed by atoms with E-state index < -0.39 is 11.9 Å². The Hall–Kier alpha value is -3.15. The molecule has 1 saturated heterocycles. The Balaban J connectivity index is 1.56. The first-order chi connectivity index (χ1) is 14.0. The van der Waals surface area contributed by atoms with E-state index in [4.69, 9.17) is 4.74 Å². The number of hydrogen-bond acceptors (Lipinski definition) is 4. The van der Waals surface area contributed by atoms with Crippen molar-refractivity contribution in [3.05, 3.63) is 59.7 Å². The van der Waals surface area contributed by atoms with Gasteiger partial charge in [0, 0.05) is 24.3 Å². The Labute approximate surface area is 170 Å². The first-order valence-electron chi connectivity index (χ1n) is 9.96. The van der Waals surface area contributed by atoms with Crippen LogP contribution in [0.15, 0.2) is 48.5 Å². The monoisotopic (exact) mass is 394 g/mol. The van der Waals surface area contributed by atoms with Crippen molar-refractivity contribution >= 4 is 29.2 Å². The van der Waals surface area contributed by atoms with E-state index in [2.05, 4.69) is 5.32 Å². The predicted octanol–water partition coefficient (Wildman–Crippen LogP) is 3.35. The average Bonchev–Trinajstić information content (AvgIpc) is 3.14. The van der Waals surface area contributed by atoms with Gasteiger partial charge in [-0.15, -0.1) is 0 Å². The molecule has 0 unspecified atom stereocenters. The fourth-order valence-corrected chi connectivity index (χ4v) is 3.56. The molecule has 152 valence electrons. The van der Waals surface area contributed by atoms with Gasteiger partial charge in [-0.05, 0) is 36.1 Å². The van der Waals surface area contributed by atoms with E-state index in [1.165, 1.54) is 0 Å². The number of benzene rings is 2. The van der Waals surface area contributed by atoms with Gasteiger partial charge < -0.3 is 15.0 Å². The fraction of sp³-hybridized carbons (Fsp3) is 0.348. The van der Waals surface area contributed by atoms with Gasteiger partial charge in [0.2, 0.25) is 5.91 Å². The predicted molar refractivity (Wildman–Crippen MR) is 112 cm³/mol. The van der Waals surface area contributed by atoms with Crippen LogP contribution in [0.3, 0.4) is 0 Å². The zero-order valence-electron chi connectivity index (χ0n) is 16.8. The molecule has 0 radical (unpaired) electrons. The van der Waals surface area contributed by atoms with Gasteiger partial charge in [0.25, 0.3) is 5.91 Å². The number of esters is 1. The first kappa shape index (κ1) is 20.6. The van der Waals surface area contributed by atoms with E-state index in [0.717, 1.165) is 35.3 Å². The second-order valence-corrected chi connectivity index (χ2v) is 7.06. The van der Waals surface area contributed by atoms with Crippen LogP contribution in [0.4, 0.5) is 11.4 Å². The largest absolute Gasteiger partial charge is 0.455 e. The third-order valence-corrected chi connectivity index (χ3v) is 5.14. The quantitative estimate of drug-likeness (QED) is 0.731. The molecule has 3 rings (SSSR count). The average molecular weight is 394 g/mol. The van der Waals surface area contributed by atoms with Gasteiger partial charge in [-0.1, -0.05) is 50.2 Å². The molecule has 1 aliphatic rings. The van der Waals surface area contributed by atoms with Gasteiger partial charge in [-0.2, -0.15) is 0 Å². The number of carbonyl (C=O) groups excluding carboxylic acids is 3. The van der Waals surface area contributed by atoms with E-state index in [1.54, 1.807) is 4.90 Å². The number of para-hydroxylation sites is 2. The van der Waals surface area contributed by atoms with Crippen molar-refractivity contribution in [2.75, 3.05) is 23.4 Å². The summed E-state index contributed by atoms with van der Waals surface area (Å²) in [4.78, 5) is 38.6. The van der Waals surface area contributed by atoms with E-state index >= 15 is 0 Å². The molecule has 0 aliphatic carbocycles. The summed E-state index contributed by atoms with van der Waals surface area (Å²) in [5.41, 5.74) is 3.64. The van der Waals surface area contributed by atoms with Crippen molar-refractivity contribution in [2.45, 2.75) is 33.1 Å². The van der Waals surface area contributed by atoms with Crippen LogP contribution in [0.5, 0.6) is 0 Å². The minimum Gasteiger partial charge on any atom is -0.455 e. The molecule has 6 nitrogen and oxygen atoms in total. The molecule has 1 heterocycles. The topological polar surface area (TPSA) is 75.7 Å². The fourth-order valence-electron chi connectivity index (χ4n) is 3.56. The van der Waals surface area contributed by atoms with Crippen LogP contribution in [0.2, 0.25) is 0 Å². The number of nitrogens with one attached hydrogen (secondary N) is 1. The van der Waals surface area contributed by atoms with Crippen molar-refractivity contribution in [3.8, 4) is 0 Å². The molecule has 29 heavy (non-hydrogen) atoms. The Kier molecular flexibility index (Phi) is 6.65. The third-order valence-electron chi connectivity index (χ3n) is 5.14. The summed E-state index contributed by atoms with van der Waals surface area (Å²) >= 11 is 0. The van der Waals surface area contributed by atoms with Gasteiger partial charge in [0.15, 0.2) is 6.61 Å². The number of aryl methyl sites for hydroxylation is 2. The lowest BCUT2D eigenvalue weighted by Crippen LogP contribution is -2.28. The molecule has 1 aliphatic heterocycles. The molecular formula is C23H26N2O4. The van der Waals surface area contributed by atoms with Crippen LogP contribution < -0.4 is 10.2 Å². The number of rotatable bonds is 7. The lowest BCUT2D eigenvalue weighted by atomic mass is 10.0. The molecule has 2 aromatic carbocycles. The highest BCUT2D eigenvalue weighted by Crippen LogP contribution is 2.26. The maximum Gasteiger partial charge on any atom is 0.311 e. The number of ether oxygens (including phenoxy) is 1. The second kappa shape index (κ2) is 9.37. The molecule has 2 aromatic rings. The van der Waals surface area contributed by atoms with Crippen LogP contribution >= 0.6 is 0 Å². The third kappa shape index (κ3) is 4.83. The van der Waals surface area contributed by atoms with Gasteiger partial charge >= 0.3 is 5.97 Å². The Morgan fingerprint density at radius 3 is 2.31 bits per heavy atom. The lowest BCUT2D eigenvalue weighted by Gasteiger charge is -2.16. The van der Waals surface area contributed by atoms with Crippen molar-refractivity contribution in [1.29, 1.82) is 0 Å². The molecule has 6 heteroatoms. The van der Waals surface area contributed by atoms with E-state index in [-0.39, 0.29) is 31.4 Å². The van der Waals surface area contributed by atoms with Crippen LogP contribution in [0.25, 0.3) is 0 Å². The lowest BCUT2D eigenvalue weighted by molar-refractivity contribution is -0.151. The number of amides is 2. The SMILES string of the molecule is CCc1cccc(CC)c1NC(=O)COC(=O)[C@H]1CC(=O)N(c2ccccc2)C1. The molecule has 1 N–H and O–H groups in total. The molecule has 0 bridgehead atoms. The normalized spacial score (nSPS) is 16.0. The van der Waals surface area contributed by atoms with Crippen LogP contribution in [0.1, 0.15) is 31.4 Å². The molecule has 0 aromatic heterocycles. The van der Waals surface area contributed by atoms with Gasteiger partial charge in [0.1, 0.15) is 0 Å². The summed E-state index contributed by atoms with van der Waals surface area (Å²) in [7, 11) is 0. The van der Waals surface area contributed by atoms with Gasteiger partial charge in [-0.25, -0.2) is 0 Å². The molecule has 0 spiro atoms. The minimum absolute atomic E-state index is 0.0913. The number of carbonyl (C=O) groups is 3. The van der Waals surface area contributed by atoms with Gasteiger partial charge in [0.05, 0.1) is 5.92 Å². The standard InChI is InChI=1S/C23H26N2O4/c1-3-16-9-8-10-17(4-2)22(16)24-20(26)15-29-23(28)18-13-21(27)25(14-18)19-11-6-5-7-12-19/h5-12,18H,3-4,13-15H2,1-2H3,(H,24,26)/t18-/m0/s1. The van der Waals surface area contributed by atoms with Crippen LogP contribution in [0, 0.1) is 5.92 Å². The van der Waals surface area contributed by atoms with Crippen LogP contribution in [-0.4, -0.2) is 30.9 Å². The van der Waals surface area contributed by atoms with E-state index in [9.17, 15) is 14.4 Å². The summed E-state index contributed by atoms with van der Waals surface area (Å²) in [6, 6.07) is 15.1. The Morgan fingerprint density at radius 2 is 1.69 bits per heavy atom. The highest BCUT2D eigenvalue weighted by atomic mass is 16.5. The number of nitrogens with zero attached hydrogens (tertiary/aromatic N) is 1. The highest BCUT2D eigenvalue weighted by Gasteiger charge is 2.36. The summed E-state index contributed by atoms with van der Waals surface area (Å²) in [6.07, 6.45) is 1.68. The minimum atomic E-state index is -0.565. The second-order valence-electron chi connectivity index (χ2n) is 7.06. The van der Waals surface area contributed by atoms with Crippen molar-refractivity contribution in [3.63, 3.8) is 0 Å². The summed E-state index contributed by atoms with van der Waals surface area (Å²) in [6.45, 7) is 3.96. The highest BCUT2D eigenvalue weighted by molar-refractivity contribution is 6.00. The zero-order chi connectivity index (χ0) is 20.8. The summed E-state index contributed by atoms with van der Waals surface area (Å²) < 4.78 is 5.21. The molecule has 2 amide bonds. The Morgan fingerprint density at radius 1 is 1.03 bits per heavy atom. The molecule has 1 atom stereocenters. The van der Waals surface area contributed by atoms with E-state index in [1.807, 2.05) is 62.4 Å². The Bertz CT molecular complexity index is 873. The number of hydrogen-bond donors (Lipinski definition) is 1.